The van der Waals surface area contributed by atoms with E-state index in [4.69, 9.17) is 0 Å². The van der Waals surface area contributed by atoms with Crippen molar-refractivity contribution >= 4 is 46.9 Å². The van der Waals surface area contributed by atoms with Crippen molar-refractivity contribution in [1.82, 2.24) is 9.80 Å². The number of nitrogens with zero attached hydrogens (tertiary/aromatic N) is 2. The average Bonchev–Trinajstić information content (AvgIpc) is 3.29. The molecule has 2 N–H and O–H groups in total. The maximum atomic E-state index is 14.1. The molecule has 3 aliphatic heterocycles. The highest BCUT2D eigenvalue weighted by molar-refractivity contribution is 8.01. The van der Waals surface area contributed by atoms with Crippen molar-refractivity contribution in [2.45, 2.75) is 59.7 Å². The van der Waals surface area contributed by atoms with Crippen LogP contribution in [0.15, 0.2) is 12.2 Å². The third-order valence-corrected chi connectivity index (χ3v) is 10.1. The van der Waals surface area contributed by atoms with Gasteiger partial charge in [-0.2, -0.15) is 0 Å². The van der Waals surface area contributed by atoms with Crippen LogP contribution in [0.2, 0.25) is 0 Å². The van der Waals surface area contributed by atoms with E-state index in [0.29, 0.717) is 0 Å². The van der Waals surface area contributed by atoms with Gasteiger partial charge in [0.05, 0.1) is 24.3 Å². The first-order valence-corrected chi connectivity index (χ1v) is 12.6. The number of allylic oxidation sites excluding steroid dienone is 1. The number of aliphatic hydroxyl groups is 2. The summed E-state index contributed by atoms with van der Waals surface area (Å²) >= 11 is 2.39. The van der Waals surface area contributed by atoms with Crippen LogP contribution in [0.5, 0.6) is 0 Å². The maximum Gasteiger partial charge on any atom is 0.261 e. The van der Waals surface area contributed by atoms with E-state index < -0.39 is 45.9 Å². The quantitative estimate of drug-likeness (QED) is 0.591. The third-order valence-electron chi connectivity index (χ3n) is 7.64. The molecule has 0 spiro atoms. The molecule has 8 nitrogen and oxygen atoms in total. The normalized spacial score (nSPS) is 47.3. The fraction of sp³-hybridized carbons (Fsp3) is 0.700. The molecule has 0 unspecified atom stereocenters. The number of hydrogen-bond acceptors (Lipinski definition) is 8. The summed E-state index contributed by atoms with van der Waals surface area (Å²) in [6.07, 6.45) is 5.03. The number of amides is 2. The van der Waals surface area contributed by atoms with Gasteiger partial charge >= 0.3 is 0 Å². The second-order valence-electron chi connectivity index (χ2n) is 8.75. The lowest BCUT2D eigenvalue weighted by Crippen LogP contribution is -2.75. The summed E-state index contributed by atoms with van der Waals surface area (Å²) in [7, 11) is 0. The number of rotatable bonds is 2. The number of carbonyl (C=O) groups excluding carboxylic acids is 4. The predicted molar refractivity (Wildman–Crippen MR) is 110 cm³/mol. The van der Waals surface area contributed by atoms with Crippen molar-refractivity contribution in [3.8, 4) is 0 Å². The van der Waals surface area contributed by atoms with Crippen molar-refractivity contribution in [2.75, 3.05) is 12.5 Å². The van der Waals surface area contributed by atoms with E-state index in [1.807, 2.05) is 0 Å². The molecule has 8 atom stereocenters. The Morgan fingerprint density at radius 1 is 0.933 bits per heavy atom. The van der Waals surface area contributed by atoms with Crippen LogP contribution in [0.25, 0.3) is 0 Å². The molecule has 162 valence electrons. The number of piperazine rings is 1. The van der Waals surface area contributed by atoms with Crippen LogP contribution in [0, 0.1) is 11.8 Å². The largest absolute Gasteiger partial charge is 0.391 e. The zero-order valence-electron chi connectivity index (χ0n) is 16.7. The fourth-order valence-electron chi connectivity index (χ4n) is 6.25. The van der Waals surface area contributed by atoms with Crippen LogP contribution in [0.1, 0.15) is 25.7 Å². The topological polar surface area (TPSA) is 115 Å². The highest BCUT2D eigenvalue weighted by atomic mass is 32.2. The number of Topliss-reactive ketones (excluding diaryl/α,β-unsaturated/α-hetero) is 1. The second-order valence-corrected chi connectivity index (χ2v) is 10.9. The average molecular weight is 453 g/mol. The van der Waals surface area contributed by atoms with E-state index in [2.05, 4.69) is 0 Å². The van der Waals surface area contributed by atoms with Gasteiger partial charge in [-0.15, -0.1) is 23.5 Å². The Morgan fingerprint density at radius 2 is 1.50 bits per heavy atom. The van der Waals surface area contributed by atoms with Crippen molar-refractivity contribution < 1.29 is 29.4 Å². The lowest BCUT2D eigenvalue weighted by molar-refractivity contribution is -0.170. The number of carbonyl (C=O) groups is 4. The molecule has 0 aromatic rings. The molecule has 3 heterocycles. The van der Waals surface area contributed by atoms with E-state index in [1.165, 1.54) is 45.5 Å². The molecule has 3 saturated heterocycles. The van der Waals surface area contributed by atoms with Crippen LogP contribution in [0.3, 0.4) is 0 Å². The summed E-state index contributed by atoms with van der Waals surface area (Å²) in [5, 5.41) is 21.4. The van der Waals surface area contributed by atoms with Gasteiger partial charge in [0.25, 0.3) is 11.8 Å². The maximum absolute atomic E-state index is 14.1. The van der Waals surface area contributed by atoms with E-state index in [9.17, 15) is 29.4 Å². The summed E-state index contributed by atoms with van der Waals surface area (Å²) in [4.78, 5) is 53.7. The number of thioether (sulfide) groups is 2. The van der Waals surface area contributed by atoms with Gasteiger partial charge in [-0.3, -0.25) is 19.2 Å². The Balaban J connectivity index is 1.69. The van der Waals surface area contributed by atoms with Gasteiger partial charge in [0.2, 0.25) is 0 Å². The molecule has 5 rings (SSSR count). The zero-order chi connectivity index (χ0) is 21.6. The summed E-state index contributed by atoms with van der Waals surface area (Å²) in [6.45, 7) is 0. The summed E-state index contributed by atoms with van der Waals surface area (Å²) in [6, 6.07) is -1.54. The highest BCUT2D eigenvalue weighted by Gasteiger charge is 2.75. The molecule has 2 aliphatic carbocycles. The van der Waals surface area contributed by atoms with Gasteiger partial charge in [-0.1, -0.05) is 6.08 Å². The second kappa shape index (κ2) is 6.57. The van der Waals surface area contributed by atoms with Crippen LogP contribution >= 0.6 is 23.5 Å². The van der Waals surface area contributed by atoms with Gasteiger partial charge in [0.1, 0.15) is 5.78 Å². The van der Waals surface area contributed by atoms with Gasteiger partial charge in [0, 0.05) is 31.1 Å². The van der Waals surface area contributed by atoms with E-state index in [0.717, 1.165) is 0 Å². The first kappa shape index (κ1) is 20.5. The molecular formula is C20H24N2O6S2. The van der Waals surface area contributed by atoms with Crippen LogP contribution in [-0.2, 0) is 19.2 Å². The molecule has 4 fully saturated rings. The van der Waals surface area contributed by atoms with Gasteiger partial charge in [-0.25, -0.2) is 0 Å². The van der Waals surface area contributed by atoms with E-state index in [1.54, 1.807) is 12.5 Å². The van der Waals surface area contributed by atoms with Gasteiger partial charge < -0.3 is 20.0 Å². The van der Waals surface area contributed by atoms with Crippen LogP contribution in [-0.4, -0.2) is 89.9 Å². The van der Waals surface area contributed by atoms with Crippen LogP contribution in [0.4, 0.5) is 0 Å². The monoisotopic (exact) mass is 452 g/mol. The minimum Gasteiger partial charge on any atom is -0.391 e. The number of fused-ring (bicyclic) bond motifs is 6. The lowest BCUT2D eigenvalue weighted by Gasteiger charge is -2.54. The molecule has 1 saturated carbocycles. The SMILES string of the molecule is CS[C@@]12C[C@H]3C(=O)C=C[C@H](O)[C@H]3N1C(=O)[C@]1(SC)C[C@H]3C(=O)CC[C@H](O)[C@H]3N1C2=O. The van der Waals surface area contributed by atoms with Crippen molar-refractivity contribution in [3.05, 3.63) is 12.2 Å². The molecule has 0 aromatic carbocycles. The third kappa shape index (κ3) is 2.23. The Bertz CT molecular complexity index is 895. The smallest absolute Gasteiger partial charge is 0.261 e. The number of ketones is 2. The number of aliphatic hydroxyl groups excluding tert-OH is 2. The molecule has 10 heteroatoms. The molecule has 0 aromatic heterocycles. The molecule has 2 amide bonds. The molecule has 0 bridgehead atoms. The predicted octanol–water partition coefficient (Wildman–Crippen LogP) is -0.224. The Kier molecular flexibility index (Phi) is 4.50. The minimum absolute atomic E-state index is 0.0271. The highest BCUT2D eigenvalue weighted by Crippen LogP contribution is 2.60. The molecule has 5 aliphatic rings. The Labute approximate surface area is 182 Å². The standard InChI is InChI=1S/C20H24N2O6S2/c1-29-19-7-9-11(23)3-5-13(25)15(9)21(19)18(28)20(30-2)8-10-12(24)4-6-14(26)16(10)22(20)17(19)27/h3,5,9-10,13-16,25-26H,4,6-8H2,1-2H3/t9-,10-,13-,14-,15-,16-,19+,20+/m0/s1. The first-order chi connectivity index (χ1) is 14.2. The molecule has 0 radical (unpaired) electrons. The van der Waals surface area contributed by atoms with E-state index in [-0.39, 0.29) is 49.1 Å². The Hall–Kier alpha value is -1.36. The Morgan fingerprint density at radius 3 is 2.10 bits per heavy atom. The summed E-state index contributed by atoms with van der Waals surface area (Å²) < 4.78 is 0. The number of hydrogen-bond donors (Lipinski definition) is 2. The van der Waals surface area contributed by atoms with Crippen molar-refractivity contribution in [1.29, 1.82) is 0 Å². The zero-order valence-corrected chi connectivity index (χ0v) is 18.3. The van der Waals surface area contributed by atoms with Crippen molar-refractivity contribution in [3.63, 3.8) is 0 Å². The fourth-order valence-corrected chi connectivity index (χ4v) is 8.29. The summed E-state index contributed by atoms with van der Waals surface area (Å²) in [5.74, 6) is -2.16. The van der Waals surface area contributed by atoms with Gasteiger partial charge in [0.15, 0.2) is 15.5 Å². The first-order valence-electron chi connectivity index (χ1n) is 10.1. The molecule has 30 heavy (non-hydrogen) atoms. The van der Waals surface area contributed by atoms with Crippen LogP contribution < -0.4 is 0 Å². The summed E-state index contributed by atoms with van der Waals surface area (Å²) in [5.41, 5.74) is 0. The van der Waals surface area contributed by atoms with Gasteiger partial charge in [-0.05, 0) is 25.0 Å². The lowest BCUT2D eigenvalue weighted by atomic mass is 9.81. The van der Waals surface area contributed by atoms with E-state index >= 15 is 0 Å². The molecular weight excluding hydrogens is 428 g/mol. The van der Waals surface area contributed by atoms with Crippen molar-refractivity contribution in [2.24, 2.45) is 11.8 Å². The minimum atomic E-state index is -1.33.